The molecule has 0 saturated heterocycles. The Balaban J connectivity index is 4.83. The first-order valence-electron chi connectivity index (χ1n) is 5.78. The second-order valence-electron chi connectivity index (χ2n) is 4.89. The SMILES string of the molecule is C=CC/C=C(\C)C(C)C(C)(C)/C(C)=C/C. The Kier molecular flexibility index (Phi) is 5.64. The largest absolute Gasteiger partial charge is 0.103 e. The average Bonchev–Trinajstić information content (AvgIpc) is 2.23. The molecule has 0 heterocycles. The minimum atomic E-state index is 0.247. The first kappa shape index (κ1) is 14.2. The fourth-order valence-electron chi connectivity index (χ4n) is 1.73. The normalized spacial score (nSPS) is 16.4. The van der Waals surface area contributed by atoms with Gasteiger partial charge in [0.25, 0.3) is 0 Å². The molecule has 1 atom stereocenters. The van der Waals surface area contributed by atoms with Gasteiger partial charge in [0.2, 0.25) is 0 Å². The molecule has 0 heteroatoms. The number of allylic oxidation sites excluding steroid dienone is 5. The summed E-state index contributed by atoms with van der Waals surface area (Å²) in [5, 5.41) is 0. The molecular formula is C15H26. The predicted octanol–water partition coefficient (Wildman–Crippen LogP) is 5.14. The summed E-state index contributed by atoms with van der Waals surface area (Å²) in [7, 11) is 0. The number of rotatable bonds is 5. The van der Waals surface area contributed by atoms with E-state index in [4.69, 9.17) is 0 Å². The van der Waals surface area contributed by atoms with E-state index in [2.05, 4.69) is 60.3 Å². The van der Waals surface area contributed by atoms with Gasteiger partial charge in [0.05, 0.1) is 0 Å². The lowest BCUT2D eigenvalue weighted by atomic mass is 9.71. The molecule has 0 aromatic heterocycles. The van der Waals surface area contributed by atoms with E-state index < -0.39 is 0 Å². The topological polar surface area (TPSA) is 0 Å². The second-order valence-corrected chi connectivity index (χ2v) is 4.89. The molecular weight excluding hydrogens is 180 g/mol. The van der Waals surface area contributed by atoms with Crippen LogP contribution in [0, 0.1) is 11.3 Å². The van der Waals surface area contributed by atoms with Crippen molar-refractivity contribution >= 4 is 0 Å². The van der Waals surface area contributed by atoms with E-state index in [0.29, 0.717) is 5.92 Å². The van der Waals surface area contributed by atoms with Gasteiger partial charge in [-0.1, -0.05) is 50.1 Å². The van der Waals surface area contributed by atoms with Crippen LogP contribution in [-0.2, 0) is 0 Å². The molecule has 0 aromatic carbocycles. The quantitative estimate of drug-likeness (QED) is 0.546. The van der Waals surface area contributed by atoms with Crippen molar-refractivity contribution in [3.8, 4) is 0 Å². The van der Waals surface area contributed by atoms with Gasteiger partial charge >= 0.3 is 0 Å². The first-order chi connectivity index (χ1) is 6.87. The lowest BCUT2D eigenvalue weighted by molar-refractivity contribution is 0.326. The van der Waals surface area contributed by atoms with Crippen LogP contribution in [0.15, 0.2) is 36.0 Å². The van der Waals surface area contributed by atoms with Gasteiger partial charge in [0.15, 0.2) is 0 Å². The van der Waals surface area contributed by atoms with Gasteiger partial charge in [0, 0.05) is 0 Å². The molecule has 0 spiro atoms. The Morgan fingerprint density at radius 2 is 1.87 bits per heavy atom. The van der Waals surface area contributed by atoms with Crippen molar-refractivity contribution in [1.82, 2.24) is 0 Å². The third-order valence-corrected chi connectivity index (χ3v) is 3.82. The summed E-state index contributed by atoms with van der Waals surface area (Å²) < 4.78 is 0. The Hall–Kier alpha value is -0.780. The van der Waals surface area contributed by atoms with Crippen LogP contribution in [0.3, 0.4) is 0 Å². The predicted molar refractivity (Wildman–Crippen MR) is 70.9 cm³/mol. The molecule has 0 fully saturated rings. The molecule has 0 rings (SSSR count). The highest BCUT2D eigenvalue weighted by Crippen LogP contribution is 2.38. The van der Waals surface area contributed by atoms with Crippen molar-refractivity contribution < 1.29 is 0 Å². The van der Waals surface area contributed by atoms with Crippen molar-refractivity contribution in [2.45, 2.75) is 48.0 Å². The number of hydrogen-bond donors (Lipinski definition) is 0. The van der Waals surface area contributed by atoms with Gasteiger partial charge in [-0.15, -0.1) is 6.58 Å². The average molecular weight is 206 g/mol. The highest BCUT2D eigenvalue weighted by Gasteiger charge is 2.27. The molecule has 0 bridgehead atoms. The Labute approximate surface area is 95.8 Å². The standard InChI is InChI=1S/C15H26/c1-8-10-11-12(3)14(5)15(6,7)13(4)9-2/h8-9,11,14H,1,10H2,2-7H3/b12-11+,13-9+. The summed E-state index contributed by atoms with van der Waals surface area (Å²) in [6.45, 7) is 17.3. The van der Waals surface area contributed by atoms with E-state index in [1.807, 2.05) is 6.08 Å². The van der Waals surface area contributed by atoms with E-state index in [-0.39, 0.29) is 5.41 Å². The van der Waals surface area contributed by atoms with E-state index in [9.17, 15) is 0 Å². The van der Waals surface area contributed by atoms with Gasteiger partial charge in [-0.05, 0) is 38.5 Å². The molecule has 0 nitrogen and oxygen atoms in total. The minimum Gasteiger partial charge on any atom is -0.103 e. The van der Waals surface area contributed by atoms with E-state index in [1.165, 1.54) is 11.1 Å². The summed E-state index contributed by atoms with van der Waals surface area (Å²) in [6.07, 6.45) is 7.42. The molecule has 0 aliphatic rings. The van der Waals surface area contributed by atoms with Gasteiger partial charge in [-0.2, -0.15) is 0 Å². The van der Waals surface area contributed by atoms with Crippen molar-refractivity contribution in [1.29, 1.82) is 0 Å². The lowest BCUT2D eigenvalue weighted by Gasteiger charge is -2.34. The summed E-state index contributed by atoms with van der Waals surface area (Å²) in [5.74, 6) is 0.577. The van der Waals surface area contributed by atoms with Gasteiger partial charge in [-0.3, -0.25) is 0 Å². The molecule has 0 aromatic rings. The third kappa shape index (κ3) is 3.70. The fraction of sp³-hybridized carbons (Fsp3) is 0.600. The number of hydrogen-bond acceptors (Lipinski definition) is 0. The molecule has 0 aliphatic carbocycles. The van der Waals surface area contributed by atoms with E-state index in [0.717, 1.165) is 6.42 Å². The maximum atomic E-state index is 3.75. The molecule has 15 heavy (non-hydrogen) atoms. The van der Waals surface area contributed by atoms with Gasteiger partial charge < -0.3 is 0 Å². The van der Waals surface area contributed by atoms with E-state index >= 15 is 0 Å². The summed E-state index contributed by atoms with van der Waals surface area (Å²) >= 11 is 0. The maximum Gasteiger partial charge on any atom is -0.00849 e. The molecule has 0 aliphatic heterocycles. The zero-order chi connectivity index (χ0) is 12.1. The molecule has 0 N–H and O–H groups in total. The van der Waals surface area contributed by atoms with Crippen molar-refractivity contribution in [2.75, 3.05) is 0 Å². The van der Waals surface area contributed by atoms with Crippen LogP contribution in [0.5, 0.6) is 0 Å². The van der Waals surface area contributed by atoms with Crippen LogP contribution >= 0.6 is 0 Å². The lowest BCUT2D eigenvalue weighted by Crippen LogP contribution is -2.23. The second kappa shape index (κ2) is 5.95. The van der Waals surface area contributed by atoms with Gasteiger partial charge in [0.1, 0.15) is 0 Å². The van der Waals surface area contributed by atoms with Crippen LogP contribution < -0.4 is 0 Å². The minimum absolute atomic E-state index is 0.247. The monoisotopic (exact) mass is 206 g/mol. The molecule has 0 saturated carbocycles. The fourth-order valence-corrected chi connectivity index (χ4v) is 1.73. The van der Waals surface area contributed by atoms with Crippen molar-refractivity contribution in [2.24, 2.45) is 11.3 Å². The molecule has 0 amide bonds. The van der Waals surface area contributed by atoms with Crippen LogP contribution in [0.25, 0.3) is 0 Å². The van der Waals surface area contributed by atoms with Gasteiger partial charge in [-0.25, -0.2) is 0 Å². The summed E-state index contributed by atoms with van der Waals surface area (Å²) in [5.41, 5.74) is 3.17. The van der Waals surface area contributed by atoms with Crippen LogP contribution in [0.2, 0.25) is 0 Å². The van der Waals surface area contributed by atoms with Crippen molar-refractivity contribution in [3.05, 3.63) is 36.0 Å². The van der Waals surface area contributed by atoms with Crippen LogP contribution in [-0.4, -0.2) is 0 Å². The summed E-state index contributed by atoms with van der Waals surface area (Å²) in [6, 6.07) is 0. The molecule has 86 valence electrons. The maximum absolute atomic E-state index is 3.75. The highest BCUT2D eigenvalue weighted by atomic mass is 14.3. The van der Waals surface area contributed by atoms with Crippen LogP contribution in [0.1, 0.15) is 48.0 Å². The third-order valence-electron chi connectivity index (χ3n) is 3.82. The molecule has 1 unspecified atom stereocenters. The van der Waals surface area contributed by atoms with E-state index in [1.54, 1.807) is 0 Å². The Morgan fingerprint density at radius 3 is 2.27 bits per heavy atom. The highest BCUT2D eigenvalue weighted by molar-refractivity contribution is 5.18. The Morgan fingerprint density at radius 1 is 1.33 bits per heavy atom. The summed E-state index contributed by atoms with van der Waals surface area (Å²) in [4.78, 5) is 0. The zero-order valence-corrected chi connectivity index (χ0v) is 11.2. The Bertz CT molecular complexity index is 264. The van der Waals surface area contributed by atoms with Crippen molar-refractivity contribution in [3.63, 3.8) is 0 Å². The zero-order valence-electron chi connectivity index (χ0n) is 11.2. The molecule has 0 radical (unpaired) electrons. The van der Waals surface area contributed by atoms with Crippen LogP contribution in [0.4, 0.5) is 0 Å². The first-order valence-corrected chi connectivity index (χ1v) is 5.78. The smallest absolute Gasteiger partial charge is 0.00849 e.